The molecule has 1 amide bonds. The molecule has 3 rings (SSSR count). The second-order valence-corrected chi connectivity index (χ2v) is 6.99. The van der Waals surface area contributed by atoms with Crippen LogP contribution in [-0.4, -0.2) is 16.7 Å². The molecular formula is C19H18N2O2S. The predicted octanol–water partition coefficient (Wildman–Crippen LogP) is 4.51. The molecular weight excluding hydrogens is 320 g/mol. The lowest BCUT2D eigenvalue weighted by molar-refractivity contribution is -0.116. The largest absolute Gasteiger partial charge is 0.326 e. The molecule has 4 nitrogen and oxygen atoms in total. The number of thiazole rings is 1. The fourth-order valence-electron chi connectivity index (χ4n) is 2.45. The van der Waals surface area contributed by atoms with Crippen molar-refractivity contribution < 1.29 is 9.59 Å². The third-order valence-electron chi connectivity index (χ3n) is 3.73. The molecule has 0 aliphatic rings. The summed E-state index contributed by atoms with van der Waals surface area (Å²) < 4.78 is 1.04. The molecule has 1 heterocycles. The number of hydrogen-bond donors (Lipinski definition) is 1. The molecule has 24 heavy (non-hydrogen) atoms. The van der Waals surface area contributed by atoms with Gasteiger partial charge in [-0.25, -0.2) is 4.98 Å². The first-order valence-corrected chi connectivity index (χ1v) is 8.60. The van der Waals surface area contributed by atoms with E-state index in [2.05, 4.69) is 10.3 Å². The second-order valence-electron chi connectivity index (χ2n) is 5.75. The van der Waals surface area contributed by atoms with E-state index in [1.807, 2.05) is 44.2 Å². The van der Waals surface area contributed by atoms with Gasteiger partial charge in [-0.15, -0.1) is 11.3 Å². The Labute approximate surface area is 144 Å². The summed E-state index contributed by atoms with van der Waals surface area (Å²) in [6, 6.07) is 13.1. The second kappa shape index (κ2) is 6.93. The first-order chi connectivity index (χ1) is 11.5. The zero-order valence-electron chi connectivity index (χ0n) is 13.6. The zero-order valence-corrected chi connectivity index (χ0v) is 14.4. The maximum Gasteiger partial charge on any atom is 0.224 e. The Bertz CT molecular complexity index is 897. The van der Waals surface area contributed by atoms with Crippen LogP contribution in [0, 0.1) is 13.8 Å². The first-order valence-electron chi connectivity index (χ1n) is 7.78. The van der Waals surface area contributed by atoms with Crippen LogP contribution in [0.2, 0.25) is 0 Å². The van der Waals surface area contributed by atoms with Gasteiger partial charge in [-0.2, -0.15) is 0 Å². The zero-order chi connectivity index (χ0) is 17.1. The van der Waals surface area contributed by atoms with E-state index in [1.165, 1.54) is 0 Å². The van der Waals surface area contributed by atoms with Crippen LogP contribution < -0.4 is 5.32 Å². The van der Waals surface area contributed by atoms with Crippen LogP contribution in [-0.2, 0) is 4.79 Å². The lowest BCUT2D eigenvalue weighted by atomic mass is 10.0. The minimum Gasteiger partial charge on any atom is -0.326 e. The number of carbonyl (C=O) groups excluding carboxylic acids is 2. The van der Waals surface area contributed by atoms with E-state index < -0.39 is 0 Å². The highest BCUT2D eigenvalue weighted by Crippen LogP contribution is 2.24. The van der Waals surface area contributed by atoms with Gasteiger partial charge < -0.3 is 5.32 Å². The molecule has 0 spiro atoms. The number of rotatable bonds is 5. The van der Waals surface area contributed by atoms with Crippen molar-refractivity contribution in [3.63, 3.8) is 0 Å². The lowest BCUT2D eigenvalue weighted by Crippen LogP contribution is -2.13. The maximum atomic E-state index is 12.1. The molecule has 0 aliphatic carbocycles. The first kappa shape index (κ1) is 16.3. The average molecular weight is 338 g/mol. The maximum absolute atomic E-state index is 12.1. The molecule has 122 valence electrons. The van der Waals surface area contributed by atoms with E-state index in [0.717, 1.165) is 26.5 Å². The van der Waals surface area contributed by atoms with Crippen molar-refractivity contribution in [2.24, 2.45) is 0 Å². The Balaban J connectivity index is 1.58. The third-order valence-corrected chi connectivity index (χ3v) is 4.67. The monoisotopic (exact) mass is 338 g/mol. The summed E-state index contributed by atoms with van der Waals surface area (Å²) in [6.45, 7) is 3.93. The number of nitrogens with zero attached hydrogens (tertiary/aromatic N) is 1. The molecule has 0 fully saturated rings. The van der Waals surface area contributed by atoms with Gasteiger partial charge in [-0.05, 0) is 32.0 Å². The van der Waals surface area contributed by atoms with Crippen LogP contribution in [0.15, 0.2) is 42.5 Å². The Hall–Kier alpha value is -2.53. The number of benzene rings is 2. The summed E-state index contributed by atoms with van der Waals surface area (Å²) in [6.07, 6.45) is 0.378. The van der Waals surface area contributed by atoms with Gasteiger partial charge in [0.1, 0.15) is 0 Å². The highest BCUT2D eigenvalue weighted by atomic mass is 32.1. The highest BCUT2D eigenvalue weighted by Gasteiger charge is 2.10. The average Bonchev–Trinajstić information content (AvgIpc) is 2.92. The van der Waals surface area contributed by atoms with Crippen molar-refractivity contribution in [1.82, 2.24) is 4.98 Å². The number of aromatic nitrogens is 1. The minimum atomic E-state index is -0.156. The number of ketones is 1. The topological polar surface area (TPSA) is 59.1 Å². The van der Waals surface area contributed by atoms with Gasteiger partial charge in [0.15, 0.2) is 5.78 Å². The smallest absolute Gasteiger partial charge is 0.224 e. The van der Waals surface area contributed by atoms with E-state index in [9.17, 15) is 9.59 Å². The fraction of sp³-hybridized carbons (Fsp3) is 0.211. The van der Waals surface area contributed by atoms with Gasteiger partial charge in [-0.1, -0.05) is 29.8 Å². The molecule has 0 atom stereocenters. The predicted molar refractivity (Wildman–Crippen MR) is 97.7 cm³/mol. The van der Waals surface area contributed by atoms with Crippen molar-refractivity contribution in [1.29, 1.82) is 0 Å². The van der Waals surface area contributed by atoms with Crippen molar-refractivity contribution in [2.45, 2.75) is 26.7 Å². The summed E-state index contributed by atoms with van der Waals surface area (Å²) in [4.78, 5) is 28.6. The molecule has 5 heteroatoms. The van der Waals surface area contributed by atoms with E-state index >= 15 is 0 Å². The van der Waals surface area contributed by atoms with Gasteiger partial charge in [0.25, 0.3) is 0 Å². The van der Waals surface area contributed by atoms with Gasteiger partial charge >= 0.3 is 0 Å². The van der Waals surface area contributed by atoms with Gasteiger partial charge in [0.05, 0.1) is 15.2 Å². The Kier molecular flexibility index (Phi) is 4.71. The lowest BCUT2D eigenvalue weighted by Gasteiger charge is -2.05. The summed E-state index contributed by atoms with van der Waals surface area (Å²) in [5, 5.41) is 3.84. The van der Waals surface area contributed by atoms with E-state index in [0.29, 0.717) is 5.56 Å². The standard InChI is InChI=1S/C19H18N2O2S/c1-12-3-5-14(6-4-12)17(22)9-10-19(23)21-15-7-8-16-18(11-15)24-13(2)20-16/h3-8,11H,9-10H2,1-2H3,(H,21,23). The van der Waals surface area contributed by atoms with E-state index in [4.69, 9.17) is 0 Å². The Morgan fingerprint density at radius 1 is 1.04 bits per heavy atom. The number of hydrogen-bond acceptors (Lipinski definition) is 4. The fourth-order valence-corrected chi connectivity index (χ4v) is 3.32. The number of Topliss-reactive ketones (excluding diaryl/α,β-unsaturated/α-hetero) is 1. The van der Waals surface area contributed by atoms with Crippen LogP contribution >= 0.6 is 11.3 Å². The number of nitrogens with one attached hydrogen (secondary N) is 1. The number of anilines is 1. The molecule has 2 aromatic carbocycles. The van der Waals surface area contributed by atoms with Crippen LogP contribution in [0.1, 0.15) is 33.8 Å². The number of fused-ring (bicyclic) bond motifs is 1. The number of carbonyl (C=O) groups is 2. The molecule has 0 bridgehead atoms. The van der Waals surface area contributed by atoms with E-state index in [-0.39, 0.29) is 24.5 Å². The summed E-state index contributed by atoms with van der Waals surface area (Å²) >= 11 is 1.59. The molecule has 3 aromatic rings. The van der Waals surface area contributed by atoms with Crippen LogP contribution in [0.25, 0.3) is 10.2 Å². The summed E-state index contributed by atoms with van der Waals surface area (Å²) in [7, 11) is 0. The summed E-state index contributed by atoms with van der Waals surface area (Å²) in [5.74, 6) is -0.172. The minimum absolute atomic E-state index is 0.0151. The van der Waals surface area contributed by atoms with Gasteiger partial charge in [-0.3, -0.25) is 9.59 Å². The number of amides is 1. The molecule has 0 radical (unpaired) electrons. The molecule has 0 unspecified atom stereocenters. The van der Waals surface area contributed by atoms with Crippen LogP contribution in [0.5, 0.6) is 0 Å². The molecule has 0 saturated heterocycles. The third kappa shape index (κ3) is 3.86. The van der Waals surface area contributed by atoms with Crippen molar-refractivity contribution in [3.05, 3.63) is 58.6 Å². The van der Waals surface area contributed by atoms with Crippen LogP contribution in [0.3, 0.4) is 0 Å². The van der Waals surface area contributed by atoms with Crippen molar-refractivity contribution >= 4 is 38.9 Å². The SMILES string of the molecule is Cc1ccc(C(=O)CCC(=O)Nc2ccc3nc(C)sc3c2)cc1. The van der Waals surface area contributed by atoms with Crippen molar-refractivity contribution in [2.75, 3.05) is 5.32 Å². The quantitative estimate of drug-likeness (QED) is 0.696. The Morgan fingerprint density at radius 3 is 2.54 bits per heavy atom. The van der Waals surface area contributed by atoms with Crippen molar-refractivity contribution in [3.8, 4) is 0 Å². The van der Waals surface area contributed by atoms with Gasteiger partial charge in [0.2, 0.25) is 5.91 Å². The molecule has 0 saturated carbocycles. The highest BCUT2D eigenvalue weighted by molar-refractivity contribution is 7.18. The number of aryl methyl sites for hydroxylation is 2. The van der Waals surface area contributed by atoms with Crippen LogP contribution in [0.4, 0.5) is 5.69 Å². The van der Waals surface area contributed by atoms with Gasteiger partial charge in [0, 0.05) is 24.1 Å². The van der Waals surface area contributed by atoms with E-state index in [1.54, 1.807) is 23.5 Å². The summed E-state index contributed by atoms with van der Waals surface area (Å²) in [5.41, 5.74) is 3.43. The normalized spacial score (nSPS) is 10.8. The Morgan fingerprint density at radius 2 is 1.79 bits per heavy atom. The molecule has 1 N–H and O–H groups in total. The molecule has 1 aromatic heterocycles. The molecule has 0 aliphatic heterocycles.